The normalized spacial score (nSPS) is 12.4. The molecule has 0 fully saturated rings. The second kappa shape index (κ2) is 6.07. The molecule has 0 spiro atoms. The van der Waals surface area contributed by atoms with Gasteiger partial charge < -0.3 is 5.32 Å². The quantitative estimate of drug-likeness (QED) is 0.820. The Balaban J connectivity index is 2.48. The third kappa shape index (κ3) is 3.07. The predicted octanol–water partition coefficient (Wildman–Crippen LogP) is 5.06. The third-order valence-corrected chi connectivity index (χ3v) is 3.81. The molecule has 2 aromatic carbocycles. The van der Waals surface area contributed by atoms with Crippen molar-refractivity contribution in [3.63, 3.8) is 0 Å². The molecule has 1 N–H and O–H groups in total. The highest BCUT2D eigenvalue weighted by Crippen LogP contribution is 2.31. The molecule has 0 amide bonds. The number of nitrogens with one attached hydrogen (secondary N) is 1. The molecule has 0 saturated heterocycles. The molecule has 0 heterocycles. The summed E-state index contributed by atoms with van der Waals surface area (Å²) in [6.07, 6.45) is 0. The van der Waals surface area contributed by atoms with E-state index in [0.717, 1.165) is 15.6 Å². The van der Waals surface area contributed by atoms with Crippen molar-refractivity contribution in [1.29, 1.82) is 0 Å². The molecular weight excluding hydrogens is 333 g/mol. The molecule has 0 saturated carbocycles. The summed E-state index contributed by atoms with van der Waals surface area (Å²) >= 11 is 15.8. The largest absolute Gasteiger partial charge is 0.309 e. The van der Waals surface area contributed by atoms with E-state index in [1.165, 1.54) is 0 Å². The summed E-state index contributed by atoms with van der Waals surface area (Å²) in [5.41, 5.74) is 2.11. The lowest BCUT2D eigenvalue weighted by Crippen LogP contribution is -2.18. The van der Waals surface area contributed by atoms with Crippen LogP contribution in [-0.4, -0.2) is 7.05 Å². The van der Waals surface area contributed by atoms with Crippen LogP contribution in [-0.2, 0) is 0 Å². The van der Waals surface area contributed by atoms with E-state index in [2.05, 4.69) is 33.4 Å². The maximum atomic E-state index is 6.25. The summed E-state index contributed by atoms with van der Waals surface area (Å²) in [4.78, 5) is 0. The SMILES string of the molecule is CNC(c1cccc(Br)c1)c1cc(Cl)ccc1Cl. The van der Waals surface area contributed by atoms with Gasteiger partial charge in [-0.15, -0.1) is 0 Å². The zero-order valence-electron chi connectivity index (χ0n) is 9.75. The van der Waals surface area contributed by atoms with Gasteiger partial charge in [-0.3, -0.25) is 0 Å². The van der Waals surface area contributed by atoms with Crippen molar-refractivity contribution in [3.05, 3.63) is 68.1 Å². The molecule has 0 aromatic heterocycles. The van der Waals surface area contributed by atoms with Crippen LogP contribution in [0.5, 0.6) is 0 Å². The Kier molecular flexibility index (Phi) is 4.68. The second-order valence-corrected chi connectivity index (χ2v) is 5.70. The lowest BCUT2D eigenvalue weighted by molar-refractivity contribution is 0.692. The van der Waals surface area contributed by atoms with E-state index in [1.807, 2.05) is 31.3 Å². The Morgan fingerprint density at radius 3 is 2.56 bits per heavy atom. The second-order valence-electron chi connectivity index (χ2n) is 3.94. The summed E-state index contributed by atoms with van der Waals surface area (Å²) in [7, 11) is 1.91. The van der Waals surface area contributed by atoms with E-state index in [-0.39, 0.29) is 6.04 Å². The highest BCUT2D eigenvalue weighted by molar-refractivity contribution is 9.10. The zero-order valence-corrected chi connectivity index (χ0v) is 12.9. The number of halogens is 3. The minimum atomic E-state index is 0.0219. The maximum absolute atomic E-state index is 6.25. The first-order valence-corrected chi connectivity index (χ1v) is 7.04. The minimum Gasteiger partial charge on any atom is -0.309 e. The van der Waals surface area contributed by atoms with Gasteiger partial charge in [0.1, 0.15) is 0 Å². The fourth-order valence-corrected chi connectivity index (χ4v) is 2.75. The average molecular weight is 345 g/mol. The van der Waals surface area contributed by atoms with Crippen molar-refractivity contribution < 1.29 is 0 Å². The molecule has 4 heteroatoms. The van der Waals surface area contributed by atoms with E-state index in [0.29, 0.717) is 10.0 Å². The fourth-order valence-electron chi connectivity index (χ4n) is 1.92. The van der Waals surface area contributed by atoms with Gasteiger partial charge in [-0.05, 0) is 48.5 Å². The van der Waals surface area contributed by atoms with Crippen LogP contribution in [0.3, 0.4) is 0 Å². The highest BCUT2D eigenvalue weighted by Gasteiger charge is 2.15. The monoisotopic (exact) mass is 343 g/mol. The number of hydrogen-bond acceptors (Lipinski definition) is 1. The van der Waals surface area contributed by atoms with Gasteiger partial charge in [-0.2, -0.15) is 0 Å². The molecule has 2 aromatic rings. The smallest absolute Gasteiger partial charge is 0.0589 e. The first-order valence-electron chi connectivity index (χ1n) is 5.49. The van der Waals surface area contributed by atoms with Crippen molar-refractivity contribution in [1.82, 2.24) is 5.32 Å². The summed E-state index contributed by atoms with van der Waals surface area (Å²) in [6.45, 7) is 0. The Morgan fingerprint density at radius 1 is 1.11 bits per heavy atom. The molecule has 1 nitrogen and oxygen atoms in total. The van der Waals surface area contributed by atoms with Gasteiger partial charge in [0.15, 0.2) is 0 Å². The van der Waals surface area contributed by atoms with Gasteiger partial charge >= 0.3 is 0 Å². The molecular formula is C14H12BrCl2N. The van der Waals surface area contributed by atoms with E-state index in [4.69, 9.17) is 23.2 Å². The summed E-state index contributed by atoms with van der Waals surface area (Å²) in [5.74, 6) is 0. The van der Waals surface area contributed by atoms with Gasteiger partial charge in [-0.25, -0.2) is 0 Å². The zero-order chi connectivity index (χ0) is 13.1. The van der Waals surface area contributed by atoms with Gasteiger partial charge in [0.2, 0.25) is 0 Å². The Hall–Kier alpha value is -0.540. The Bertz CT molecular complexity index is 557. The standard InChI is InChI=1S/C14H12BrCl2N/c1-18-14(9-3-2-4-10(15)7-9)12-8-11(16)5-6-13(12)17/h2-8,14,18H,1H3. The average Bonchev–Trinajstić information content (AvgIpc) is 2.35. The maximum Gasteiger partial charge on any atom is 0.0589 e. The van der Waals surface area contributed by atoms with Gasteiger partial charge in [0, 0.05) is 14.5 Å². The molecule has 0 bridgehead atoms. The Labute approximate surface area is 125 Å². The first-order chi connectivity index (χ1) is 8.61. The van der Waals surface area contributed by atoms with Crippen molar-refractivity contribution in [3.8, 4) is 0 Å². The van der Waals surface area contributed by atoms with Crippen LogP contribution in [0, 0.1) is 0 Å². The van der Waals surface area contributed by atoms with Crippen LogP contribution in [0.4, 0.5) is 0 Å². The van der Waals surface area contributed by atoms with Gasteiger partial charge in [-0.1, -0.05) is 51.3 Å². The first kappa shape index (κ1) is 13.9. The molecule has 0 aliphatic carbocycles. The number of hydrogen-bond donors (Lipinski definition) is 1. The predicted molar refractivity (Wildman–Crippen MR) is 81.5 cm³/mol. The van der Waals surface area contributed by atoms with Crippen LogP contribution in [0.1, 0.15) is 17.2 Å². The minimum absolute atomic E-state index is 0.0219. The van der Waals surface area contributed by atoms with Gasteiger partial charge in [0.25, 0.3) is 0 Å². The molecule has 1 atom stereocenters. The molecule has 2 rings (SSSR count). The molecule has 18 heavy (non-hydrogen) atoms. The number of rotatable bonds is 3. The fraction of sp³-hybridized carbons (Fsp3) is 0.143. The summed E-state index contributed by atoms with van der Waals surface area (Å²) in [6, 6.07) is 13.7. The van der Waals surface area contributed by atoms with Crippen molar-refractivity contribution in [2.75, 3.05) is 7.05 Å². The van der Waals surface area contributed by atoms with Crippen molar-refractivity contribution in [2.24, 2.45) is 0 Å². The van der Waals surface area contributed by atoms with Crippen molar-refractivity contribution in [2.45, 2.75) is 6.04 Å². The lowest BCUT2D eigenvalue weighted by Gasteiger charge is -2.19. The van der Waals surface area contributed by atoms with Crippen LogP contribution >= 0.6 is 39.1 Å². The van der Waals surface area contributed by atoms with Crippen LogP contribution in [0.15, 0.2) is 46.9 Å². The molecule has 0 aliphatic rings. The van der Waals surface area contributed by atoms with Gasteiger partial charge in [0.05, 0.1) is 6.04 Å². The molecule has 1 unspecified atom stereocenters. The third-order valence-electron chi connectivity index (χ3n) is 2.74. The van der Waals surface area contributed by atoms with Crippen LogP contribution in [0.25, 0.3) is 0 Å². The van der Waals surface area contributed by atoms with E-state index < -0.39 is 0 Å². The van der Waals surface area contributed by atoms with E-state index >= 15 is 0 Å². The van der Waals surface area contributed by atoms with E-state index in [9.17, 15) is 0 Å². The van der Waals surface area contributed by atoms with Crippen LogP contribution in [0.2, 0.25) is 10.0 Å². The molecule has 94 valence electrons. The molecule has 0 aliphatic heterocycles. The highest BCUT2D eigenvalue weighted by atomic mass is 79.9. The van der Waals surface area contributed by atoms with Crippen molar-refractivity contribution >= 4 is 39.1 Å². The Morgan fingerprint density at radius 2 is 1.89 bits per heavy atom. The topological polar surface area (TPSA) is 12.0 Å². The summed E-state index contributed by atoms with van der Waals surface area (Å²) < 4.78 is 1.04. The molecule has 0 radical (unpaired) electrons. The summed E-state index contributed by atoms with van der Waals surface area (Å²) in [5, 5.41) is 4.66. The lowest BCUT2D eigenvalue weighted by atomic mass is 9.99. The number of benzene rings is 2. The van der Waals surface area contributed by atoms with E-state index in [1.54, 1.807) is 6.07 Å². The van der Waals surface area contributed by atoms with Crippen LogP contribution < -0.4 is 5.32 Å².